The lowest BCUT2D eigenvalue weighted by Gasteiger charge is -2.32. The van der Waals surface area contributed by atoms with Gasteiger partial charge in [0.1, 0.15) is 4.21 Å². The molecule has 1 aromatic rings. The minimum atomic E-state index is -3.31. The third-order valence-electron chi connectivity index (χ3n) is 2.99. The van der Waals surface area contributed by atoms with Crippen molar-refractivity contribution >= 4 is 21.4 Å². The van der Waals surface area contributed by atoms with Crippen LogP contribution in [0.5, 0.6) is 0 Å². The van der Waals surface area contributed by atoms with E-state index < -0.39 is 10.0 Å². The Labute approximate surface area is 106 Å². The molecule has 1 heterocycles. The summed E-state index contributed by atoms with van der Waals surface area (Å²) in [4.78, 5) is 1.02. The number of rotatable bonds is 5. The molecule has 1 aliphatic rings. The Morgan fingerprint density at radius 2 is 2.18 bits per heavy atom. The van der Waals surface area contributed by atoms with Crippen molar-refractivity contribution in [3.63, 3.8) is 0 Å². The minimum Gasteiger partial charge on any atom is -0.330 e. The van der Waals surface area contributed by atoms with Crippen LogP contribution in [-0.4, -0.2) is 21.0 Å². The molecule has 2 rings (SSSR count). The number of hydrogen-bond acceptors (Lipinski definition) is 4. The van der Waals surface area contributed by atoms with Crippen LogP contribution in [-0.2, 0) is 16.4 Å². The van der Waals surface area contributed by atoms with Crippen molar-refractivity contribution in [3.8, 4) is 0 Å². The molecule has 96 valence electrons. The molecule has 0 bridgehead atoms. The SMILES string of the molecule is CC1CC(NS(=O)(=O)c2ccc(CCN)s2)C1. The summed E-state index contributed by atoms with van der Waals surface area (Å²) in [7, 11) is -3.31. The standard InChI is InChI=1S/C11H18N2O2S2/c1-8-6-9(7-8)13-17(14,15)11-3-2-10(16-11)4-5-12/h2-3,8-9,13H,4-7,12H2,1H3. The Morgan fingerprint density at radius 1 is 1.47 bits per heavy atom. The first-order valence-electron chi connectivity index (χ1n) is 5.82. The zero-order chi connectivity index (χ0) is 12.5. The van der Waals surface area contributed by atoms with Crippen molar-refractivity contribution < 1.29 is 8.42 Å². The summed E-state index contributed by atoms with van der Waals surface area (Å²) in [5.74, 6) is 0.638. The fourth-order valence-corrected chi connectivity index (χ4v) is 4.70. The zero-order valence-corrected chi connectivity index (χ0v) is 11.5. The summed E-state index contributed by atoms with van der Waals surface area (Å²) < 4.78 is 27.2. The van der Waals surface area contributed by atoms with E-state index >= 15 is 0 Å². The van der Waals surface area contributed by atoms with E-state index in [0.717, 1.165) is 24.1 Å². The van der Waals surface area contributed by atoms with Crippen LogP contribution in [0.1, 0.15) is 24.6 Å². The van der Waals surface area contributed by atoms with Gasteiger partial charge in [-0.1, -0.05) is 6.92 Å². The van der Waals surface area contributed by atoms with Gasteiger partial charge >= 0.3 is 0 Å². The summed E-state index contributed by atoms with van der Waals surface area (Å²) in [6.07, 6.45) is 2.63. The molecule has 6 heteroatoms. The molecule has 1 saturated carbocycles. The van der Waals surface area contributed by atoms with E-state index in [1.54, 1.807) is 6.07 Å². The highest BCUT2D eigenvalue weighted by Crippen LogP contribution is 2.29. The molecule has 0 unspecified atom stereocenters. The van der Waals surface area contributed by atoms with Gasteiger partial charge in [-0.25, -0.2) is 13.1 Å². The van der Waals surface area contributed by atoms with Crippen molar-refractivity contribution in [2.45, 2.75) is 36.4 Å². The number of thiophene rings is 1. The Morgan fingerprint density at radius 3 is 2.76 bits per heavy atom. The van der Waals surface area contributed by atoms with E-state index in [2.05, 4.69) is 11.6 Å². The van der Waals surface area contributed by atoms with Crippen LogP contribution in [0, 0.1) is 5.92 Å². The number of nitrogens with two attached hydrogens (primary N) is 1. The zero-order valence-electron chi connectivity index (χ0n) is 9.85. The van der Waals surface area contributed by atoms with Crippen molar-refractivity contribution in [3.05, 3.63) is 17.0 Å². The Balaban J connectivity index is 2.03. The molecule has 0 saturated heterocycles. The van der Waals surface area contributed by atoms with Crippen LogP contribution in [0.2, 0.25) is 0 Å². The van der Waals surface area contributed by atoms with Gasteiger partial charge in [-0.05, 0) is 43.9 Å². The fraction of sp³-hybridized carbons (Fsp3) is 0.636. The lowest BCUT2D eigenvalue weighted by Crippen LogP contribution is -2.43. The van der Waals surface area contributed by atoms with Gasteiger partial charge in [-0.2, -0.15) is 0 Å². The summed E-state index contributed by atoms with van der Waals surface area (Å²) in [6, 6.07) is 3.63. The molecule has 17 heavy (non-hydrogen) atoms. The number of hydrogen-bond donors (Lipinski definition) is 2. The third kappa shape index (κ3) is 3.07. The Kier molecular flexibility index (Phi) is 3.87. The van der Waals surface area contributed by atoms with E-state index in [-0.39, 0.29) is 6.04 Å². The Hall–Kier alpha value is -0.430. The molecule has 1 aliphatic carbocycles. The number of nitrogens with one attached hydrogen (secondary N) is 1. The van der Waals surface area contributed by atoms with Crippen LogP contribution < -0.4 is 10.5 Å². The lowest BCUT2D eigenvalue weighted by atomic mass is 9.83. The van der Waals surface area contributed by atoms with Gasteiger partial charge in [-0.15, -0.1) is 11.3 Å². The fourth-order valence-electron chi connectivity index (χ4n) is 2.06. The van der Waals surface area contributed by atoms with Crippen molar-refractivity contribution in [1.29, 1.82) is 0 Å². The van der Waals surface area contributed by atoms with E-state index in [1.165, 1.54) is 11.3 Å². The van der Waals surface area contributed by atoms with Crippen molar-refractivity contribution in [2.24, 2.45) is 11.7 Å². The van der Waals surface area contributed by atoms with Gasteiger partial charge < -0.3 is 5.73 Å². The van der Waals surface area contributed by atoms with Gasteiger partial charge in [-0.3, -0.25) is 0 Å². The second kappa shape index (κ2) is 5.06. The highest BCUT2D eigenvalue weighted by atomic mass is 32.2. The van der Waals surface area contributed by atoms with E-state index in [0.29, 0.717) is 16.7 Å². The van der Waals surface area contributed by atoms with E-state index in [1.807, 2.05) is 6.07 Å². The van der Waals surface area contributed by atoms with Crippen LogP contribution in [0.15, 0.2) is 16.3 Å². The molecule has 1 fully saturated rings. The summed E-state index contributed by atoms with van der Waals surface area (Å²) in [5, 5.41) is 0. The first-order valence-corrected chi connectivity index (χ1v) is 8.12. The largest absolute Gasteiger partial charge is 0.330 e. The molecule has 0 aliphatic heterocycles. The molecule has 4 nitrogen and oxygen atoms in total. The van der Waals surface area contributed by atoms with Crippen LogP contribution >= 0.6 is 11.3 Å². The predicted molar refractivity (Wildman–Crippen MR) is 69.6 cm³/mol. The maximum Gasteiger partial charge on any atom is 0.250 e. The summed E-state index contributed by atoms with van der Waals surface area (Å²) >= 11 is 1.31. The van der Waals surface area contributed by atoms with Crippen LogP contribution in [0.3, 0.4) is 0 Å². The normalized spacial score (nSPS) is 24.6. The maximum atomic E-state index is 12.0. The highest BCUT2D eigenvalue weighted by Gasteiger charge is 2.30. The molecule has 0 amide bonds. The first-order chi connectivity index (χ1) is 8.01. The molecule has 0 atom stereocenters. The molecule has 0 spiro atoms. The quantitative estimate of drug-likeness (QED) is 0.850. The average molecular weight is 274 g/mol. The van der Waals surface area contributed by atoms with Crippen molar-refractivity contribution in [1.82, 2.24) is 4.72 Å². The predicted octanol–water partition coefficient (Wildman–Crippen LogP) is 1.33. The van der Waals surface area contributed by atoms with Crippen molar-refractivity contribution in [2.75, 3.05) is 6.54 Å². The summed E-state index contributed by atoms with van der Waals surface area (Å²) in [5.41, 5.74) is 5.45. The molecule has 1 aromatic heterocycles. The molecular weight excluding hydrogens is 256 g/mol. The topological polar surface area (TPSA) is 72.2 Å². The van der Waals surface area contributed by atoms with E-state index in [4.69, 9.17) is 5.73 Å². The van der Waals surface area contributed by atoms with Gasteiger partial charge in [0.05, 0.1) is 0 Å². The second-order valence-electron chi connectivity index (χ2n) is 4.65. The monoisotopic (exact) mass is 274 g/mol. The number of sulfonamides is 1. The second-order valence-corrected chi connectivity index (χ2v) is 7.76. The van der Waals surface area contributed by atoms with Gasteiger partial charge in [0, 0.05) is 10.9 Å². The average Bonchev–Trinajstić information content (AvgIpc) is 2.65. The first kappa shape index (κ1) is 13.0. The van der Waals surface area contributed by atoms with Crippen LogP contribution in [0.25, 0.3) is 0 Å². The molecule has 0 radical (unpaired) electrons. The minimum absolute atomic E-state index is 0.120. The molecule has 3 N–H and O–H groups in total. The van der Waals surface area contributed by atoms with Gasteiger partial charge in [0.15, 0.2) is 0 Å². The highest BCUT2D eigenvalue weighted by molar-refractivity contribution is 7.91. The van der Waals surface area contributed by atoms with E-state index in [9.17, 15) is 8.42 Å². The van der Waals surface area contributed by atoms with Gasteiger partial charge in [0.25, 0.3) is 0 Å². The third-order valence-corrected chi connectivity index (χ3v) is 6.15. The van der Waals surface area contributed by atoms with Crippen LogP contribution in [0.4, 0.5) is 0 Å². The summed E-state index contributed by atoms with van der Waals surface area (Å²) in [6.45, 7) is 2.68. The molecule has 0 aromatic carbocycles. The molecular formula is C11H18N2O2S2. The maximum absolute atomic E-state index is 12.0. The Bertz CT molecular complexity index is 475. The van der Waals surface area contributed by atoms with Gasteiger partial charge in [0.2, 0.25) is 10.0 Å². The lowest BCUT2D eigenvalue weighted by molar-refractivity contribution is 0.270. The smallest absolute Gasteiger partial charge is 0.250 e.